The van der Waals surface area contributed by atoms with Gasteiger partial charge in [0.1, 0.15) is 0 Å². The molecule has 0 aromatic rings. The molecule has 0 heterocycles. The predicted octanol–water partition coefficient (Wildman–Crippen LogP) is 2.93. The van der Waals surface area contributed by atoms with Gasteiger partial charge in [-0.3, -0.25) is 0 Å². The van der Waals surface area contributed by atoms with Crippen molar-refractivity contribution in [2.75, 3.05) is 0 Å². The Labute approximate surface area is 80.5 Å². The summed E-state index contributed by atoms with van der Waals surface area (Å²) in [6.07, 6.45) is 12.0. The molecule has 0 spiro atoms. The molecular formula is C12H18O. The lowest BCUT2D eigenvalue weighted by molar-refractivity contribution is 0.0342. The quantitative estimate of drug-likeness (QED) is 0.591. The van der Waals surface area contributed by atoms with Gasteiger partial charge >= 0.3 is 0 Å². The summed E-state index contributed by atoms with van der Waals surface area (Å²) >= 11 is 0. The van der Waals surface area contributed by atoms with Crippen LogP contribution in [0.2, 0.25) is 0 Å². The van der Waals surface area contributed by atoms with Crippen LogP contribution < -0.4 is 0 Å². The maximum absolute atomic E-state index is 5.94. The van der Waals surface area contributed by atoms with Crippen LogP contribution in [0.5, 0.6) is 0 Å². The van der Waals surface area contributed by atoms with Crippen LogP contribution >= 0.6 is 0 Å². The lowest BCUT2D eigenvalue weighted by Gasteiger charge is -2.16. The highest BCUT2D eigenvalue weighted by Gasteiger charge is 2.22. The van der Waals surface area contributed by atoms with E-state index in [0.717, 1.165) is 0 Å². The SMILES string of the molecule is CC1C=CC(OC2C=CC(C)C2)C1. The van der Waals surface area contributed by atoms with Gasteiger partial charge in [0.15, 0.2) is 0 Å². The topological polar surface area (TPSA) is 9.23 Å². The lowest BCUT2D eigenvalue weighted by atomic mass is 10.1. The summed E-state index contributed by atoms with van der Waals surface area (Å²) in [4.78, 5) is 0. The third-order valence-electron chi connectivity index (χ3n) is 2.87. The van der Waals surface area contributed by atoms with E-state index in [4.69, 9.17) is 4.74 Å². The van der Waals surface area contributed by atoms with Gasteiger partial charge in [0.25, 0.3) is 0 Å². The van der Waals surface area contributed by atoms with E-state index in [0.29, 0.717) is 24.0 Å². The Balaban J connectivity index is 1.80. The van der Waals surface area contributed by atoms with Gasteiger partial charge in [0, 0.05) is 0 Å². The minimum absolute atomic E-state index is 0.370. The molecular weight excluding hydrogens is 160 g/mol. The van der Waals surface area contributed by atoms with Crippen LogP contribution in [-0.2, 0) is 4.74 Å². The van der Waals surface area contributed by atoms with E-state index in [1.54, 1.807) is 0 Å². The van der Waals surface area contributed by atoms with E-state index in [1.807, 2.05) is 0 Å². The van der Waals surface area contributed by atoms with Gasteiger partial charge in [-0.15, -0.1) is 0 Å². The van der Waals surface area contributed by atoms with Crippen LogP contribution in [0.25, 0.3) is 0 Å². The summed E-state index contributed by atoms with van der Waals surface area (Å²) < 4.78 is 5.94. The van der Waals surface area contributed by atoms with Gasteiger partial charge in [-0.2, -0.15) is 0 Å². The summed E-state index contributed by atoms with van der Waals surface area (Å²) in [6.45, 7) is 4.49. The molecule has 0 aromatic heterocycles. The van der Waals surface area contributed by atoms with E-state index in [1.165, 1.54) is 12.8 Å². The van der Waals surface area contributed by atoms with Crippen molar-refractivity contribution in [2.45, 2.75) is 38.9 Å². The molecule has 0 radical (unpaired) electrons. The van der Waals surface area contributed by atoms with Gasteiger partial charge in [0.2, 0.25) is 0 Å². The van der Waals surface area contributed by atoms with Crippen molar-refractivity contribution in [3.63, 3.8) is 0 Å². The zero-order valence-electron chi connectivity index (χ0n) is 8.44. The van der Waals surface area contributed by atoms with Crippen molar-refractivity contribution in [1.29, 1.82) is 0 Å². The molecule has 0 N–H and O–H groups in total. The van der Waals surface area contributed by atoms with Gasteiger partial charge in [-0.1, -0.05) is 38.2 Å². The van der Waals surface area contributed by atoms with Gasteiger partial charge in [-0.05, 0) is 24.7 Å². The Morgan fingerprint density at radius 3 is 1.62 bits per heavy atom. The molecule has 72 valence electrons. The molecule has 0 bridgehead atoms. The van der Waals surface area contributed by atoms with E-state index < -0.39 is 0 Å². The molecule has 0 saturated carbocycles. The van der Waals surface area contributed by atoms with Crippen molar-refractivity contribution < 1.29 is 4.74 Å². The van der Waals surface area contributed by atoms with Crippen LogP contribution in [0, 0.1) is 11.8 Å². The standard InChI is InChI=1S/C12H18O/c1-9-3-5-11(7-9)13-12-6-4-10(2)8-12/h3-6,9-12H,7-8H2,1-2H3. The van der Waals surface area contributed by atoms with E-state index in [-0.39, 0.29) is 0 Å². The Kier molecular flexibility index (Phi) is 2.54. The minimum atomic E-state index is 0.370. The second-order valence-electron chi connectivity index (χ2n) is 4.41. The molecule has 1 nitrogen and oxygen atoms in total. The van der Waals surface area contributed by atoms with Gasteiger partial charge in [-0.25, -0.2) is 0 Å². The number of ether oxygens (including phenoxy) is 1. The smallest absolute Gasteiger partial charge is 0.0769 e. The summed E-state index contributed by atoms with van der Waals surface area (Å²) in [7, 11) is 0. The highest BCUT2D eigenvalue weighted by atomic mass is 16.5. The van der Waals surface area contributed by atoms with E-state index in [2.05, 4.69) is 38.2 Å². The van der Waals surface area contributed by atoms with Crippen LogP contribution in [0.4, 0.5) is 0 Å². The van der Waals surface area contributed by atoms with Crippen LogP contribution in [0.1, 0.15) is 26.7 Å². The van der Waals surface area contributed by atoms with Gasteiger partial charge in [0.05, 0.1) is 12.2 Å². The molecule has 0 saturated heterocycles. The molecule has 0 amide bonds. The maximum atomic E-state index is 5.94. The second kappa shape index (κ2) is 3.67. The number of allylic oxidation sites excluding steroid dienone is 2. The maximum Gasteiger partial charge on any atom is 0.0769 e. The Morgan fingerprint density at radius 1 is 0.846 bits per heavy atom. The fourth-order valence-corrected chi connectivity index (χ4v) is 2.10. The molecule has 0 aromatic carbocycles. The Hall–Kier alpha value is -0.560. The molecule has 2 rings (SSSR count). The van der Waals surface area contributed by atoms with Crippen molar-refractivity contribution in [3.8, 4) is 0 Å². The molecule has 2 aliphatic rings. The third-order valence-corrected chi connectivity index (χ3v) is 2.87. The van der Waals surface area contributed by atoms with Gasteiger partial charge < -0.3 is 4.74 Å². The largest absolute Gasteiger partial charge is 0.367 e. The van der Waals surface area contributed by atoms with Crippen LogP contribution in [0.15, 0.2) is 24.3 Å². The normalized spacial score (nSPS) is 43.2. The number of hydrogen-bond acceptors (Lipinski definition) is 1. The number of hydrogen-bond donors (Lipinski definition) is 0. The molecule has 1 heteroatoms. The molecule has 0 aliphatic heterocycles. The monoisotopic (exact) mass is 178 g/mol. The van der Waals surface area contributed by atoms with Crippen LogP contribution in [-0.4, -0.2) is 12.2 Å². The molecule has 13 heavy (non-hydrogen) atoms. The first-order valence-corrected chi connectivity index (χ1v) is 5.26. The molecule has 0 fully saturated rings. The molecule has 4 atom stereocenters. The highest BCUT2D eigenvalue weighted by Crippen LogP contribution is 2.26. The van der Waals surface area contributed by atoms with E-state index >= 15 is 0 Å². The lowest BCUT2D eigenvalue weighted by Crippen LogP contribution is -2.17. The number of rotatable bonds is 2. The first kappa shape index (κ1) is 9.01. The summed E-state index contributed by atoms with van der Waals surface area (Å²) in [5.41, 5.74) is 0. The third kappa shape index (κ3) is 2.22. The average molecular weight is 178 g/mol. The fraction of sp³-hybridized carbons (Fsp3) is 0.667. The zero-order chi connectivity index (χ0) is 9.26. The highest BCUT2D eigenvalue weighted by molar-refractivity contribution is 5.06. The average Bonchev–Trinajstić information content (AvgIpc) is 2.62. The Bertz CT molecular complexity index is 205. The molecule has 2 aliphatic carbocycles. The zero-order valence-corrected chi connectivity index (χ0v) is 8.44. The van der Waals surface area contributed by atoms with Crippen molar-refractivity contribution in [1.82, 2.24) is 0 Å². The summed E-state index contributed by atoms with van der Waals surface area (Å²) in [6, 6.07) is 0. The first-order valence-electron chi connectivity index (χ1n) is 5.26. The van der Waals surface area contributed by atoms with Crippen LogP contribution in [0.3, 0.4) is 0 Å². The summed E-state index contributed by atoms with van der Waals surface area (Å²) in [5.74, 6) is 1.40. The van der Waals surface area contributed by atoms with Crippen molar-refractivity contribution in [2.24, 2.45) is 11.8 Å². The van der Waals surface area contributed by atoms with Crippen molar-refractivity contribution in [3.05, 3.63) is 24.3 Å². The van der Waals surface area contributed by atoms with E-state index in [9.17, 15) is 0 Å². The molecule has 4 unspecified atom stereocenters. The fourth-order valence-electron chi connectivity index (χ4n) is 2.10. The summed E-state index contributed by atoms with van der Waals surface area (Å²) in [5, 5.41) is 0. The first-order chi connectivity index (χ1) is 6.24. The predicted molar refractivity (Wildman–Crippen MR) is 54.5 cm³/mol. The minimum Gasteiger partial charge on any atom is -0.367 e. The second-order valence-corrected chi connectivity index (χ2v) is 4.41. The Morgan fingerprint density at radius 2 is 1.31 bits per heavy atom. The van der Waals surface area contributed by atoms with Crippen molar-refractivity contribution >= 4 is 0 Å².